The zero-order chi connectivity index (χ0) is 25.8. The average Bonchev–Trinajstić information content (AvgIpc) is 3.67. The van der Waals surface area contributed by atoms with Crippen molar-refractivity contribution >= 4 is 28.8 Å². The summed E-state index contributed by atoms with van der Waals surface area (Å²) in [6.07, 6.45) is 5.94. The number of rotatable bonds is 9. The zero-order valence-electron chi connectivity index (χ0n) is 20.4. The molecule has 0 radical (unpaired) electrons. The van der Waals surface area contributed by atoms with Gasteiger partial charge in [0, 0.05) is 35.9 Å². The summed E-state index contributed by atoms with van der Waals surface area (Å²) in [7, 11) is 0. The summed E-state index contributed by atoms with van der Waals surface area (Å²) in [6.45, 7) is 3.52. The lowest BCUT2D eigenvalue weighted by molar-refractivity contribution is -0.139. The maximum atomic E-state index is 13.1. The molecule has 4 aromatic rings. The first-order valence-electron chi connectivity index (χ1n) is 12.1. The molecule has 37 heavy (non-hydrogen) atoms. The van der Waals surface area contributed by atoms with Crippen LogP contribution >= 0.6 is 11.3 Å². The highest BCUT2D eigenvalue weighted by molar-refractivity contribution is 7.10. The maximum absolute atomic E-state index is 13.1. The summed E-state index contributed by atoms with van der Waals surface area (Å²) < 4.78 is 7.82. The molecule has 2 aromatic heterocycles. The number of likely N-dealkylation sites (tertiary alicyclic amines) is 1. The molecule has 3 heterocycles. The predicted octanol–water partition coefficient (Wildman–Crippen LogP) is 5.34. The molecule has 5 rings (SSSR count). The number of hydrogen-bond donors (Lipinski definition) is 1. The van der Waals surface area contributed by atoms with Crippen molar-refractivity contribution in [1.29, 1.82) is 0 Å². The highest BCUT2D eigenvalue weighted by Crippen LogP contribution is 2.41. The lowest BCUT2D eigenvalue weighted by Gasteiger charge is -2.24. The fraction of sp³-hybridized carbons (Fsp3) is 0.207. The Hall–Kier alpha value is -4.17. The second kappa shape index (κ2) is 10.8. The van der Waals surface area contributed by atoms with Gasteiger partial charge < -0.3 is 19.3 Å². The van der Waals surface area contributed by atoms with Crippen LogP contribution in [0.2, 0.25) is 0 Å². The molecule has 0 saturated carbocycles. The van der Waals surface area contributed by atoms with Crippen molar-refractivity contribution in [1.82, 2.24) is 14.5 Å². The van der Waals surface area contributed by atoms with E-state index in [1.54, 1.807) is 41.7 Å². The smallest absolute Gasteiger partial charge is 0.295 e. The van der Waals surface area contributed by atoms with Crippen LogP contribution < -0.4 is 4.74 Å². The third kappa shape index (κ3) is 5.34. The molecule has 2 aromatic carbocycles. The first-order valence-corrected chi connectivity index (χ1v) is 13.0. The lowest BCUT2D eigenvalue weighted by Crippen LogP contribution is -2.31. The topological polar surface area (TPSA) is 84.7 Å². The quantitative estimate of drug-likeness (QED) is 0.185. The van der Waals surface area contributed by atoms with Crippen LogP contribution in [0.1, 0.15) is 34.0 Å². The number of aromatic nitrogens is 2. The number of carbonyl (C=O) groups excluding carboxylic acids is 2. The monoisotopic (exact) mass is 513 g/mol. The first kappa shape index (κ1) is 24.5. The third-order valence-corrected chi connectivity index (χ3v) is 7.27. The predicted molar refractivity (Wildman–Crippen MR) is 142 cm³/mol. The van der Waals surface area contributed by atoms with E-state index in [-0.39, 0.29) is 11.3 Å². The Kier molecular flexibility index (Phi) is 7.18. The van der Waals surface area contributed by atoms with Crippen LogP contribution in [0.25, 0.3) is 5.76 Å². The van der Waals surface area contributed by atoms with Crippen molar-refractivity contribution in [2.24, 2.45) is 0 Å². The molecule has 188 valence electrons. The van der Waals surface area contributed by atoms with E-state index in [2.05, 4.69) is 11.1 Å². The van der Waals surface area contributed by atoms with Gasteiger partial charge in [0.15, 0.2) is 0 Å². The number of thiophene rings is 1. The van der Waals surface area contributed by atoms with Crippen LogP contribution in [0.15, 0.2) is 90.3 Å². The molecular formula is C29H27N3O4S. The Bertz CT molecular complexity index is 1410. The molecule has 1 aliphatic heterocycles. The van der Waals surface area contributed by atoms with E-state index in [1.165, 1.54) is 16.9 Å². The number of aliphatic hydroxyl groups excluding tert-OH is 1. The van der Waals surface area contributed by atoms with Crippen molar-refractivity contribution in [2.45, 2.75) is 32.5 Å². The number of ketones is 1. The molecule has 1 fully saturated rings. The largest absolute Gasteiger partial charge is 0.507 e. The molecule has 1 unspecified atom stereocenters. The van der Waals surface area contributed by atoms with Gasteiger partial charge >= 0.3 is 0 Å². The van der Waals surface area contributed by atoms with E-state index < -0.39 is 17.7 Å². The van der Waals surface area contributed by atoms with Crippen molar-refractivity contribution in [3.8, 4) is 5.75 Å². The molecule has 0 aliphatic carbocycles. The number of aryl methyl sites for hydroxylation is 2. The number of aliphatic hydroxyl groups is 1. The number of nitrogens with zero attached hydrogens (tertiary/aromatic N) is 3. The van der Waals surface area contributed by atoms with Crippen molar-refractivity contribution in [3.05, 3.63) is 112 Å². The van der Waals surface area contributed by atoms with E-state index in [1.807, 2.05) is 53.4 Å². The maximum Gasteiger partial charge on any atom is 0.295 e. The van der Waals surface area contributed by atoms with Gasteiger partial charge in [-0.25, -0.2) is 4.98 Å². The Balaban J connectivity index is 1.37. The number of amides is 1. The van der Waals surface area contributed by atoms with Crippen LogP contribution in [0.3, 0.4) is 0 Å². The molecule has 1 saturated heterocycles. The summed E-state index contributed by atoms with van der Waals surface area (Å²) in [5.41, 5.74) is 2.81. The van der Waals surface area contributed by atoms with Gasteiger partial charge in [0.2, 0.25) is 0 Å². The van der Waals surface area contributed by atoms with Gasteiger partial charge in [-0.2, -0.15) is 0 Å². The second-order valence-electron chi connectivity index (χ2n) is 8.96. The SMILES string of the molecule is Cc1cccc(COc2ccc(/C(O)=C3/C(=O)C(=O)N(CCCn4ccnc4)C3c3cccs3)cc2)c1. The Morgan fingerprint density at radius 3 is 2.62 bits per heavy atom. The molecule has 0 bridgehead atoms. The highest BCUT2D eigenvalue weighted by atomic mass is 32.1. The van der Waals surface area contributed by atoms with Gasteiger partial charge in [-0.3, -0.25) is 9.59 Å². The molecular weight excluding hydrogens is 486 g/mol. The fourth-order valence-corrected chi connectivity index (χ4v) is 5.37. The van der Waals surface area contributed by atoms with E-state index in [0.717, 1.165) is 10.4 Å². The lowest BCUT2D eigenvalue weighted by atomic mass is 10.00. The Morgan fingerprint density at radius 1 is 1.08 bits per heavy atom. The second-order valence-corrected chi connectivity index (χ2v) is 9.94. The van der Waals surface area contributed by atoms with E-state index in [0.29, 0.717) is 37.4 Å². The number of hydrogen-bond acceptors (Lipinski definition) is 6. The number of imidazole rings is 1. The number of Topliss-reactive ketones (excluding diaryl/α,β-unsaturated/α-hetero) is 1. The van der Waals surface area contributed by atoms with Gasteiger partial charge in [-0.1, -0.05) is 35.9 Å². The van der Waals surface area contributed by atoms with Gasteiger partial charge in [-0.05, 0) is 54.6 Å². The molecule has 1 amide bonds. The summed E-state index contributed by atoms with van der Waals surface area (Å²) in [6, 6.07) is 18.2. The van der Waals surface area contributed by atoms with Crippen LogP contribution in [0.4, 0.5) is 0 Å². The Morgan fingerprint density at radius 2 is 1.92 bits per heavy atom. The van der Waals surface area contributed by atoms with Crippen LogP contribution in [0.5, 0.6) is 5.75 Å². The van der Waals surface area contributed by atoms with Gasteiger partial charge in [0.1, 0.15) is 18.1 Å². The number of ether oxygens (including phenoxy) is 1. The van der Waals surface area contributed by atoms with Crippen LogP contribution in [0, 0.1) is 6.92 Å². The van der Waals surface area contributed by atoms with Crippen LogP contribution in [-0.2, 0) is 22.7 Å². The fourth-order valence-electron chi connectivity index (χ4n) is 4.53. The highest BCUT2D eigenvalue weighted by Gasteiger charge is 2.46. The van der Waals surface area contributed by atoms with Crippen molar-refractivity contribution < 1.29 is 19.4 Å². The van der Waals surface area contributed by atoms with Crippen molar-refractivity contribution in [3.63, 3.8) is 0 Å². The minimum Gasteiger partial charge on any atom is -0.507 e. The number of benzene rings is 2. The summed E-state index contributed by atoms with van der Waals surface area (Å²) in [5.74, 6) is -0.797. The van der Waals surface area contributed by atoms with Crippen LogP contribution in [-0.4, -0.2) is 37.8 Å². The van der Waals surface area contributed by atoms with E-state index in [9.17, 15) is 14.7 Å². The van der Waals surface area contributed by atoms with Gasteiger partial charge in [-0.15, -0.1) is 11.3 Å². The van der Waals surface area contributed by atoms with Crippen molar-refractivity contribution in [2.75, 3.05) is 6.54 Å². The first-order chi connectivity index (χ1) is 18.0. The molecule has 1 N–H and O–H groups in total. The molecule has 0 spiro atoms. The minimum absolute atomic E-state index is 0.114. The summed E-state index contributed by atoms with van der Waals surface area (Å²) >= 11 is 1.46. The van der Waals surface area contributed by atoms with Gasteiger partial charge in [0.25, 0.3) is 11.7 Å². The number of carbonyl (C=O) groups is 2. The molecule has 7 nitrogen and oxygen atoms in total. The van der Waals surface area contributed by atoms with Gasteiger partial charge in [0.05, 0.1) is 17.9 Å². The third-order valence-electron chi connectivity index (χ3n) is 6.34. The summed E-state index contributed by atoms with van der Waals surface area (Å²) in [5, 5.41) is 13.1. The summed E-state index contributed by atoms with van der Waals surface area (Å²) in [4.78, 5) is 32.6. The minimum atomic E-state index is -0.668. The standard InChI is InChI=1S/C29H27N3O4S/c1-20-5-2-6-21(17-20)18-36-23-10-8-22(9-11-23)27(33)25-26(24-7-3-16-37-24)32(29(35)28(25)34)14-4-13-31-15-12-30-19-31/h2-3,5-12,15-17,19,26,33H,4,13-14,18H2,1H3/b27-25-. The average molecular weight is 514 g/mol. The van der Waals surface area contributed by atoms with E-state index >= 15 is 0 Å². The zero-order valence-corrected chi connectivity index (χ0v) is 21.2. The molecule has 1 aliphatic rings. The molecule has 1 atom stereocenters. The normalized spacial score (nSPS) is 16.9. The van der Waals surface area contributed by atoms with E-state index in [4.69, 9.17) is 4.74 Å². The Labute approximate surface area is 219 Å². The molecule has 8 heteroatoms.